The largest absolute Gasteiger partial charge is 0.350 e. The second-order valence-electron chi connectivity index (χ2n) is 7.88. The predicted octanol–water partition coefficient (Wildman–Crippen LogP) is 6.65. The number of halogens is 1. The van der Waals surface area contributed by atoms with Gasteiger partial charge in [0, 0.05) is 32.3 Å². The average molecular weight is 546 g/mol. The van der Waals surface area contributed by atoms with Crippen LogP contribution in [0.15, 0.2) is 112 Å². The summed E-state index contributed by atoms with van der Waals surface area (Å²) in [4.78, 5) is 16.6. The molecule has 0 spiro atoms. The Labute approximate surface area is 211 Å². The Morgan fingerprint density at radius 3 is 2.23 bits per heavy atom. The number of carbonyl (C=O) groups is 1. The SMILES string of the molecule is O=C(Nc1ccccc1)c1[nH]c2ccccc2c1-c1cccc(NS(=O)(=O)c2ccc(Br)cc2)c1. The van der Waals surface area contributed by atoms with Crippen LogP contribution in [0.25, 0.3) is 22.0 Å². The summed E-state index contributed by atoms with van der Waals surface area (Å²) in [7, 11) is -3.78. The van der Waals surface area contributed by atoms with Crippen molar-refractivity contribution in [2.45, 2.75) is 4.90 Å². The Bertz CT molecular complexity index is 1630. The number of fused-ring (bicyclic) bond motifs is 1. The van der Waals surface area contributed by atoms with Gasteiger partial charge in [-0.3, -0.25) is 9.52 Å². The lowest BCUT2D eigenvalue weighted by molar-refractivity contribution is 0.102. The van der Waals surface area contributed by atoms with Crippen LogP contribution in [0.2, 0.25) is 0 Å². The van der Waals surface area contributed by atoms with E-state index in [1.54, 1.807) is 30.3 Å². The lowest BCUT2D eigenvalue weighted by Crippen LogP contribution is -2.14. The number of nitrogens with one attached hydrogen (secondary N) is 3. The Balaban J connectivity index is 1.54. The van der Waals surface area contributed by atoms with Crippen LogP contribution in [-0.4, -0.2) is 19.3 Å². The van der Waals surface area contributed by atoms with E-state index in [2.05, 4.69) is 31.0 Å². The van der Waals surface area contributed by atoms with Gasteiger partial charge >= 0.3 is 0 Å². The molecule has 0 aliphatic heterocycles. The number of amides is 1. The molecule has 174 valence electrons. The quantitative estimate of drug-likeness (QED) is 0.223. The van der Waals surface area contributed by atoms with E-state index in [4.69, 9.17) is 0 Å². The van der Waals surface area contributed by atoms with Crippen LogP contribution >= 0.6 is 15.9 Å². The summed E-state index contributed by atoms with van der Waals surface area (Å²) >= 11 is 3.32. The lowest BCUT2D eigenvalue weighted by Gasteiger charge is -2.11. The molecular weight excluding hydrogens is 526 g/mol. The van der Waals surface area contributed by atoms with Gasteiger partial charge in [-0.1, -0.05) is 64.5 Å². The van der Waals surface area contributed by atoms with E-state index >= 15 is 0 Å². The standard InChI is InChI=1S/C27H20BrN3O3S/c28-19-13-15-22(16-14-19)35(33,34)31-21-10-6-7-18(17-21)25-23-11-4-5-12-24(23)30-26(25)27(32)29-20-8-2-1-3-9-20/h1-17,30-31H,(H,29,32). The maximum Gasteiger partial charge on any atom is 0.272 e. The van der Waals surface area contributed by atoms with Gasteiger partial charge in [-0.25, -0.2) is 8.42 Å². The van der Waals surface area contributed by atoms with Crippen molar-refractivity contribution in [3.8, 4) is 11.1 Å². The van der Waals surface area contributed by atoms with E-state index in [1.807, 2.05) is 60.7 Å². The number of anilines is 2. The molecule has 0 bridgehead atoms. The lowest BCUT2D eigenvalue weighted by atomic mass is 10.0. The molecule has 3 N–H and O–H groups in total. The Morgan fingerprint density at radius 1 is 0.771 bits per heavy atom. The minimum atomic E-state index is -3.78. The number of rotatable bonds is 6. The second kappa shape index (κ2) is 9.40. The normalized spacial score (nSPS) is 11.3. The highest BCUT2D eigenvalue weighted by Gasteiger charge is 2.20. The zero-order valence-electron chi connectivity index (χ0n) is 18.3. The molecule has 35 heavy (non-hydrogen) atoms. The number of aromatic nitrogens is 1. The summed E-state index contributed by atoms with van der Waals surface area (Å²) in [6, 6.07) is 30.3. The van der Waals surface area contributed by atoms with Gasteiger partial charge in [0.2, 0.25) is 0 Å². The topological polar surface area (TPSA) is 91.1 Å². The third-order valence-corrected chi connectivity index (χ3v) is 7.42. The molecule has 5 aromatic rings. The first-order valence-electron chi connectivity index (χ1n) is 10.8. The highest BCUT2D eigenvalue weighted by Crippen LogP contribution is 2.34. The van der Waals surface area contributed by atoms with Crippen molar-refractivity contribution in [3.05, 3.63) is 113 Å². The fourth-order valence-corrected chi connectivity index (χ4v) is 5.21. The van der Waals surface area contributed by atoms with Crippen LogP contribution in [0.3, 0.4) is 0 Å². The molecule has 0 aliphatic carbocycles. The Kier molecular flexibility index (Phi) is 6.15. The molecule has 0 unspecified atom stereocenters. The number of carbonyl (C=O) groups excluding carboxylic acids is 1. The summed E-state index contributed by atoms with van der Waals surface area (Å²) in [5.41, 5.74) is 3.67. The molecule has 4 aromatic carbocycles. The fraction of sp³-hybridized carbons (Fsp3) is 0. The maximum atomic E-state index is 13.2. The third-order valence-electron chi connectivity index (χ3n) is 5.49. The van der Waals surface area contributed by atoms with Gasteiger partial charge in [0.05, 0.1) is 4.90 Å². The Hall–Kier alpha value is -3.88. The van der Waals surface area contributed by atoms with Crippen LogP contribution in [0, 0.1) is 0 Å². The minimum Gasteiger partial charge on any atom is -0.350 e. The van der Waals surface area contributed by atoms with E-state index in [9.17, 15) is 13.2 Å². The molecule has 1 heterocycles. The number of aromatic amines is 1. The molecule has 1 amide bonds. The molecule has 8 heteroatoms. The van der Waals surface area contributed by atoms with Gasteiger partial charge in [0.15, 0.2) is 0 Å². The molecule has 0 aliphatic rings. The fourth-order valence-electron chi connectivity index (χ4n) is 3.89. The van der Waals surface area contributed by atoms with E-state index in [0.29, 0.717) is 28.2 Å². The van der Waals surface area contributed by atoms with Crippen molar-refractivity contribution in [3.63, 3.8) is 0 Å². The number of benzene rings is 4. The van der Waals surface area contributed by atoms with Crippen LogP contribution in [0.1, 0.15) is 10.5 Å². The van der Waals surface area contributed by atoms with Gasteiger partial charge in [-0.15, -0.1) is 0 Å². The number of H-pyrrole nitrogens is 1. The van der Waals surface area contributed by atoms with Gasteiger partial charge < -0.3 is 10.3 Å². The van der Waals surface area contributed by atoms with Gasteiger partial charge in [-0.2, -0.15) is 0 Å². The van der Waals surface area contributed by atoms with Gasteiger partial charge in [0.25, 0.3) is 15.9 Å². The molecular formula is C27H20BrN3O3S. The van der Waals surface area contributed by atoms with Gasteiger partial charge in [0.1, 0.15) is 5.69 Å². The second-order valence-corrected chi connectivity index (χ2v) is 10.5. The van der Waals surface area contributed by atoms with Crippen molar-refractivity contribution >= 4 is 54.1 Å². The van der Waals surface area contributed by atoms with E-state index in [1.165, 1.54) is 12.1 Å². The van der Waals surface area contributed by atoms with Crippen LogP contribution in [0.5, 0.6) is 0 Å². The van der Waals surface area contributed by atoms with Crippen molar-refractivity contribution in [1.82, 2.24) is 4.98 Å². The molecule has 0 atom stereocenters. The summed E-state index contributed by atoms with van der Waals surface area (Å²) < 4.78 is 29.2. The number of para-hydroxylation sites is 2. The summed E-state index contributed by atoms with van der Waals surface area (Å²) in [6.45, 7) is 0. The number of sulfonamides is 1. The molecule has 0 fully saturated rings. The summed E-state index contributed by atoms with van der Waals surface area (Å²) in [6.07, 6.45) is 0. The first-order chi connectivity index (χ1) is 16.9. The van der Waals surface area contributed by atoms with Crippen molar-refractivity contribution < 1.29 is 13.2 Å². The van der Waals surface area contributed by atoms with Crippen LogP contribution < -0.4 is 10.0 Å². The van der Waals surface area contributed by atoms with Crippen molar-refractivity contribution in [2.24, 2.45) is 0 Å². The van der Waals surface area contributed by atoms with E-state index < -0.39 is 10.0 Å². The van der Waals surface area contributed by atoms with Crippen molar-refractivity contribution in [1.29, 1.82) is 0 Å². The van der Waals surface area contributed by atoms with E-state index in [-0.39, 0.29) is 10.8 Å². The summed E-state index contributed by atoms with van der Waals surface area (Å²) in [5, 5.41) is 3.78. The third kappa shape index (κ3) is 4.84. The summed E-state index contributed by atoms with van der Waals surface area (Å²) in [5.74, 6) is -0.289. The van der Waals surface area contributed by atoms with Crippen LogP contribution in [0.4, 0.5) is 11.4 Å². The smallest absolute Gasteiger partial charge is 0.272 e. The molecule has 6 nitrogen and oxygen atoms in total. The predicted molar refractivity (Wildman–Crippen MR) is 143 cm³/mol. The van der Waals surface area contributed by atoms with E-state index in [0.717, 1.165) is 15.4 Å². The highest BCUT2D eigenvalue weighted by atomic mass is 79.9. The zero-order chi connectivity index (χ0) is 24.4. The van der Waals surface area contributed by atoms with Gasteiger partial charge in [-0.05, 0) is 60.2 Å². The number of hydrogen-bond donors (Lipinski definition) is 3. The minimum absolute atomic E-state index is 0.154. The molecule has 0 radical (unpaired) electrons. The zero-order valence-corrected chi connectivity index (χ0v) is 20.7. The monoisotopic (exact) mass is 545 g/mol. The average Bonchev–Trinajstić information content (AvgIpc) is 3.25. The molecule has 0 saturated heterocycles. The molecule has 1 aromatic heterocycles. The molecule has 0 saturated carbocycles. The van der Waals surface area contributed by atoms with Crippen molar-refractivity contribution in [2.75, 3.05) is 10.0 Å². The Morgan fingerprint density at radius 2 is 1.46 bits per heavy atom. The first-order valence-corrected chi connectivity index (χ1v) is 13.0. The number of hydrogen-bond acceptors (Lipinski definition) is 3. The highest BCUT2D eigenvalue weighted by molar-refractivity contribution is 9.10. The maximum absolute atomic E-state index is 13.2. The molecule has 5 rings (SSSR count). The van der Waals surface area contributed by atoms with Crippen LogP contribution in [-0.2, 0) is 10.0 Å². The first kappa shape index (κ1) is 22.9.